The van der Waals surface area contributed by atoms with Crippen LogP contribution in [0.15, 0.2) is 24.3 Å². The summed E-state index contributed by atoms with van der Waals surface area (Å²) in [5, 5.41) is 0. The minimum Gasteiger partial charge on any atom is -0.455 e. The molecular formula is C15H16Cl2FNO3. The number of halogens is 3. The van der Waals surface area contributed by atoms with Gasteiger partial charge in [0.2, 0.25) is 0 Å². The van der Waals surface area contributed by atoms with Crippen LogP contribution in [0.2, 0.25) is 0 Å². The third-order valence-corrected chi connectivity index (χ3v) is 4.87. The van der Waals surface area contributed by atoms with Crippen molar-refractivity contribution < 1.29 is 18.7 Å². The Balaban J connectivity index is 1.83. The molecule has 0 aliphatic heterocycles. The van der Waals surface area contributed by atoms with Crippen LogP contribution in [0.25, 0.3) is 0 Å². The molecule has 1 unspecified atom stereocenters. The summed E-state index contributed by atoms with van der Waals surface area (Å²) >= 11 is 11.8. The van der Waals surface area contributed by atoms with Crippen LogP contribution in [-0.4, -0.2) is 34.8 Å². The Labute approximate surface area is 138 Å². The monoisotopic (exact) mass is 347 g/mol. The summed E-state index contributed by atoms with van der Waals surface area (Å²) in [4.78, 5) is 25.1. The topological polar surface area (TPSA) is 46.6 Å². The highest BCUT2D eigenvalue weighted by atomic mass is 35.5. The maximum atomic E-state index is 13.1. The van der Waals surface area contributed by atoms with Gasteiger partial charge in [0.05, 0.1) is 0 Å². The molecule has 1 aromatic carbocycles. The van der Waals surface area contributed by atoms with Gasteiger partial charge in [-0.25, -0.2) is 4.39 Å². The van der Waals surface area contributed by atoms with E-state index in [1.54, 1.807) is 26.1 Å². The van der Waals surface area contributed by atoms with Crippen molar-refractivity contribution in [3.05, 3.63) is 35.6 Å². The number of carbonyl (C=O) groups excluding carboxylic acids is 2. The van der Waals surface area contributed by atoms with Gasteiger partial charge in [0, 0.05) is 20.0 Å². The normalized spacial score (nSPS) is 22.0. The van der Waals surface area contributed by atoms with Crippen molar-refractivity contribution in [1.82, 2.24) is 4.90 Å². The number of esters is 1. The number of carbonyl (C=O) groups is 2. The van der Waals surface area contributed by atoms with Gasteiger partial charge in [0.15, 0.2) is 6.61 Å². The lowest BCUT2D eigenvalue weighted by Gasteiger charge is -2.18. The summed E-state index contributed by atoms with van der Waals surface area (Å²) in [7, 11) is 1.55. The van der Waals surface area contributed by atoms with E-state index < -0.39 is 28.2 Å². The number of rotatable bonds is 5. The van der Waals surface area contributed by atoms with Gasteiger partial charge in [-0.2, -0.15) is 0 Å². The van der Waals surface area contributed by atoms with E-state index >= 15 is 0 Å². The summed E-state index contributed by atoms with van der Waals surface area (Å²) in [5.41, 5.74) is -0.311. The Bertz CT molecular complexity index is 608. The van der Waals surface area contributed by atoms with E-state index in [1.165, 1.54) is 17.0 Å². The Morgan fingerprint density at radius 2 is 2.05 bits per heavy atom. The zero-order chi connectivity index (χ0) is 16.5. The highest BCUT2D eigenvalue weighted by Crippen LogP contribution is 2.64. The fourth-order valence-electron chi connectivity index (χ4n) is 2.02. The molecule has 4 nitrogen and oxygen atoms in total. The first-order chi connectivity index (χ1) is 10.2. The SMILES string of the molecule is CN(Cc1cccc(F)c1)C(=O)COC(=O)C1(C)CC1(Cl)Cl. The maximum absolute atomic E-state index is 13.1. The van der Waals surface area contributed by atoms with Crippen LogP contribution in [0, 0.1) is 11.2 Å². The molecule has 2 rings (SSSR count). The van der Waals surface area contributed by atoms with Crippen molar-refractivity contribution in [2.75, 3.05) is 13.7 Å². The molecule has 22 heavy (non-hydrogen) atoms. The molecule has 1 aromatic rings. The van der Waals surface area contributed by atoms with Crippen LogP contribution in [0.1, 0.15) is 18.9 Å². The molecule has 0 heterocycles. The first-order valence-electron chi connectivity index (χ1n) is 6.69. The van der Waals surface area contributed by atoms with Crippen LogP contribution < -0.4 is 0 Å². The lowest BCUT2D eigenvalue weighted by atomic mass is 10.1. The molecule has 0 radical (unpaired) electrons. The molecule has 1 fully saturated rings. The molecule has 0 saturated heterocycles. The van der Waals surface area contributed by atoms with Crippen molar-refractivity contribution in [2.45, 2.75) is 24.2 Å². The quantitative estimate of drug-likeness (QED) is 0.607. The molecule has 120 valence electrons. The van der Waals surface area contributed by atoms with Crippen LogP contribution in [0.3, 0.4) is 0 Å². The van der Waals surface area contributed by atoms with Gasteiger partial charge in [0.25, 0.3) is 5.91 Å². The standard InChI is InChI=1S/C15H16Cl2FNO3/c1-14(9-15(14,16)17)13(21)22-8-12(20)19(2)7-10-4-3-5-11(18)6-10/h3-6H,7-9H2,1-2H3. The Kier molecular flexibility index (Phi) is 4.68. The highest BCUT2D eigenvalue weighted by molar-refractivity contribution is 6.53. The van der Waals surface area contributed by atoms with Gasteiger partial charge in [-0.3, -0.25) is 9.59 Å². The number of alkyl halides is 2. The minimum atomic E-state index is -1.12. The van der Waals surface area contributed by atoms with E-state index in [2.05, 4.69) is 0 Å². The number of amides is 1. The molecule has 0 aromatic heterocycles. The zero-order valence-electron chi connectivity index (χ0n) is 12.2. The number of hydrogen-bond donors (Lipinski definition) is 0. The molecule has 1 saturated carbocycles. The van der Waals surface area contributed by atoms with Crippen LogP contribution in [0.4, 0.5) is 4.39 Å². The first kappa shape index (κ1) is 17.0. The second kappa shape index (κ2) is 6.05. The fourth-order valence-corrected chi connectivity index (χ4v) is 2.70. The number of hydrogen-bond acceptors (Lipinski definition) is 3. The van der Waals surface area contributed by atoms with E-state index in [4.69, 9.17) is 27.9 Å². The molecule has 1 atom stereocenters. The molecular weight excluding hydrogens is 332 g/mol. The highest BCUT2D eigenvalue weighted by Gasteiger charge is 2.69. The first-order valence-corrected chi connectivity index (χ1v) is 7.45. The summed E-state index contributed by atoms with van der Waals surface area (Å²) in [6.07, 6.45) is 0.301. The fraction of sp³-hybridized carbons (Fsp3) is 0.467. The van der Waals surface area contributed by atoms with E-state index in [-0.39, 0.29) is 12.4 Å². The van der Waals surface area contributed by atoms with Crippen LogP contribution in [0.5, 0.6) is 0 Å². The number of nitrogens with zero attached hydrogens (tertiary/aromatic N) is 1. The third kappa shape index (κ3) is 3.52. The smallest absolute Gasteiger partial charge is 0.315 e. The summed E-state index contributed by atoms with van der Waals surface area (Å²) in [5.74, 6) is -1.35. The van der Waals surface area contributed by atoms with Crippen molar-refractivity contribution in [3.8, 4) is 0 Å². The number of benzene rings is 1. The largest absolute Gasteiger partial charge is 0.455 e. The lowest BCUT2D eigenvalue weighted by molar-refractivity contribution is -0.156. The average Bonchev–Trinajstić information content (AvgIpc) is 2.95. The van der Waals surface area contributed by atoms with Gasteiger partial charge in [-0.15, -0.1) is 23.2 Å². The van der Waals surface area contributed by atoms with Crippen molar-refractivity contribution in [2.24, 2.45) is 5.41 Å². The third-order valence-electron chi connectivity index (χ3n) is 3.77. The molecule has 1 aliphatic rings. The van der Waals surface area contributed by atoms with Crippen LogP contribution in [-0.2, 0) is 20.9 Å². The van der Waals surface area contributed by atoms with Gasteiger partial charge in [-0.1, -0.05) is 12.1 Å². The van der Waals surface area contributed by atoms with E-state index in [1.807, 2.05) is 0 Å². The Morgan fingerprint density at radius 3 is 2.59 bits per heavy atom. The van der Waals surface area contributed by atoms with Gasteiger partial charge in [0.1, 0.15) is 15.6 Å². The van der Waals surface area contributed by atoms with Gasteiger partial charge in [-0.05, 0) is 24.6 Å². The Hall–Kier alpha value is -1.33. The second-order valence-electron chi connectivity index (χ2n) is 5.67. The maximum Gasteiger partial charge on any atom is 0.315 e. The van der Waals surface area contributed by atoms with Crippen molar-refractivity contribution in [3.63, 3.8) is 0 Å². The van der Waals surface area contributed by atoms with Gasteiger partial charge < -0.3 is 9.64 Å². The van der Waals surface area contributed by atoms with E-state index in [0.717, 1.165) is 0 Å². The summed E-state index contributed by atoms with van der Waals surface area (Å²) in [6, 6.07) is 5.95. The Morgan fingerprint density at radius 1 is 1.41 bits per heavy atom. The number of likely N-dealkylation sites (N-methyl/N-ethyl adjacent to an activating group) is 1. The van der Waals surface area contributed by atoms with Crippen molar-refractivity contribution >= 4 is 35.1 Å². The average molecular weight is 348 g/mol. The second-order valence-corrected chi connectivity index (χ2v) is 7.15. The zero-order valence-corrected chi connectivity index (χ0v) is 13.7. The summed E-state index contributed by atoms with van der Waals surface area (Å²) in [6.45, 7) is 1.42. The van der Waals surface area contributed by atoms with Gasteiger partial charge >= 0.3 is 5.97 Å². The number of ether oxygens (including phenoxy) is 1. The van der Waals surface area contributed by atoms with Crippen LogP contribution >= 0.6 is 23.2 Å². The predicted molar refractivity (Wildman–Crippen MR) is 81.0 cm³/mol. The molecule has 1 amide bonds. The molecule has 0 bridgehead atoms. The molecule has 1 aliphatic carbocycles. The summed E-state index contributed by atoms with van der Waals surface area (Å²) < 4.78 is 16.9. The lowest BCUT2D eigenvalue weighted by Crippen LogP contribution is -2.32. The van der Waals surface area contributed by atoms with Crippen molar-refractivity contribution in [1.29, 1.82) is 0 Å². The molecule has 0 spiro atoms. The van der Waals surface area contributed by atoms with E-state index in [9.17, 15) is 14.0 Å². The van der Waals surface area contributed by atoms with E-state index in [0.29, 0.717) is 12.0 Å². The predicted octanol–water partition coefficient (Wildman–Crippen LogP) is 2.91. The minimum absolute atomic E-state index is 0.223. The molecule has 0 N–H and O–H groups in total. The molecule has 7 heteroatoms.